The van der Waals surface area contributed by atoms with Gasteiger partial charge in [0.15, 0.2) is 0 Å². The van der Waals surface area contributed by atoms with Crippen molar-refractivity contribution < 1.29 is 4.79 Å². The predicted octanol–water partition coefficient (Wildman–Crippen LogP) is 3.83. The molecule has 0 heterocycles. The van der Waals surface area contributed by atoms with Gasteiger partial charge in [0.1, 0.15) is 0 Å². The molecule has 2 aromatic rings. The fourth-order valence-electron chi connectivity index (χ4n) is 1.96. The lowest BCUT2D eigenvalue weighted by atomic mass is 10.2. The van der Waals surface area contributed by atoms with Crippen LogP contribution in [0.2, 0.25) is 0 Å². The third-order valence-corrected chi connectivity index (χ3v) is 4.16. The van der Waals surface area contributed by atoms with E-state index in [4.69, 9.17) is 0 Å². The topological polar surface area (TPSA) is 32.3 Å². The van der Waals surface area contributed by atoms with Gasteiger partial charge in [-0.3, -0.25) is 4.79 Å². The Morgan fingerprint density at radius 3 is 2.57 bits per heavy atom. The molecule has 2 aromatic carbocycles. The fraction of sp³-hybridized carbons (Fsp3) is 0.235. The Balaban J connectivity index is 1.87. The van der Waals surface area contributed by atoms with E-state index in [0.717, 1.165) is 15.7 Å². The van der Waals surface area contributed by atoms with Crippen LogP contribution in [0, 0.1) is 6.92 Å². The van der Waals surface area contributed by atoms with Gasteiger partial charge in [-0.2, -0.15) is 0 Å². The summed E-state index contributed by atoms with van der Waals surface area (Å²) >= 11 is 3.49. The van der Waals surface area contributed by atoms with Crippen molar-refractivity contribution in [2.75, 3.05) is 18.9 Å². The molecule has 0 aromatic heterocycles. The number of hydrogen-bond acceptors (Lipinski definition) is 2. The van der Waals surface area contributed by atoms with Crippen molar-refractivity contribution in [2.24, 2.45) is 0 Å². The Kier molecular flexibility index (Phi) is 5.39. The number of likely N-dealkylation sites (N-methyl/N-ethyl adjacent to an activating group) is 1. The number of aryl methyl sites for hydroxylation is 1. The molecule has 0 fully saturated rings. The molecule has 0 saturated carbocycles. The van der Waals surface area contributed by atoms with E-state index in [1.807, 2.05) is 62.5 Å². The first-order valence-electron chi connectivity index (χ1n) is 6.84. The van der Waals surface area contributed by atoms with E-state index in [1.54, 1.807) is 4.90 Å². The molecule has 0 aliphatic heterocycles. The smallest absolute Gasteiger partial charge is 0.241 e. The van der Waals surface area contributed by atoms with Gasteiger partial charge in [-0.05, 0) is 30.2 Å². The van der Waals surface area contributed by atoms with Crippen LogP contribution in [0.5, 0.6) is 0 Å². The SMILES string of the molecule is Cc1ccc(NCC(=O)N(C)Cc2ccccc2)cc1Br. The lowest BCUT2D eigenvalue weighted by molar-refractivity contribution is -0.128. The first-order chi connectivity index (χ1) is 10.1. The van der Waals surface area contributed by atoms with Crippen LogP contribution in [0.15, 0.2) is 53.0 Å². The minimum atomic E-state index is 0.0653. The summed E-state index contributed by atoms with van der Waals surface area (Å²) in [6.07, 6.45) is 0. The molecule has 4 heteroatoms. The number of nitrogens with zero attached hydrogens (tertiary/aromatic N) is 1. The number of halogens is 1. The van der Waals surface area contributed by atoms with Gasteiger partial charge < -0.3 is 10.2 Å². The van der Waals surface area contributed by atoms with Gasteiger partial charge in [0.05, 0.1) is 6.54 Å². The zero-order valence-electron chi connectivity index (χ0n) is 12.3. The summed E-state index contributed by atoms with van der Waals surface area (Å²) in [6, 6.07) is 16.0. The molecule has 0 saturated heterocycles. The molecule has 0 atom stereocenters. The monoisotopic (exact) mass is 346 g/mol. The molecule has 1 amide bonds. The summed E-state index contributed by atoms with van der Waals surface area (Å²) in [5.74, 6) is 0.0653. The first-order valence-corrected chi connectivity index (χ1v) is 7.63. The summed E-state index contributed by atoms with van der Waals surface area (Å²) in [6.45, 7) is 2.95. The Hall–Kier alpha value is -1.81. The maximum atomic E-state index is 12.1. The minimum Gasteiger partial charge on any atom is -0.376 e. The van der Waals surface area contributed by atoms with Crippen molar-refractivity contribution in [2.45, 2.75) is 13.5 Å². The Morgan fingerprint density at radius 1 is 1.19 bits per heavy atom. The van der Waals surface area contributed by atoms with Crippen LogP contribution >= 0.6 is 15.9 Å². The van der Waals surface area contributed by atoms with E-state index in [9.17, 15) is 4.79 Å². The summed E-state index contributed by atoms with van der Waals surface area (Å²) in [5.41, 5.74) is 3.24. The number of amides is 1. The maximum absolute atomic E-state index is 12.1. The standard InChI is InChI=1S/C17H19BrN2O/c1-13-8-9-15(10-16(13)18)19-11-17(21)20(2)12-14-6-4-3-5-7-14/h3-10,19H,11-12H2,1-2H3. The van der Waals surface area contributed by atoms with E-state index in [2.05, 4.69) is 21.2 Å². The fourth-order valence-corrected chi connectivity index (χ4v) is 2.34. The van der Waals surface area contributed by atoms with Crippen molar-refractivity contribution in [3.05, 3.63) is 64.1 Å². The van der Waals surface area contributed by atoms with E-state index in [-0.39, 0.29) is 5.91 Å². The molecule has 0 bridgehead atoms. The molecule has 0 spiro atoms. The summed E-state index contributed by atoms with van der Waals surface area (Å²) in [5, 5.41) is 3.16. The third kappa shape index (κ3) is 4.60. The number of benzene rings is 2. The van der Waals surface area contributed by atoms with Crippen LogP contribution in [0.25, 0.3) is 0 Å². The Morgan fingerprint density at radius 2 is 1.90 bits per heavy atom. The van der Waals surface area contributed by atoms with Crippen molar-refractivity contribution in [3.63, 3.8) is 0 Å². The minimum absolute atomic E-state index is 0.0653. The maximum Gasteiger partial charge on any atom is 0.241 e. The average molecular weight is 347 g/mol. The number of carbonyl (C=O) groups is 1. The van der Waals surface area contributed by atoms with Crippen LogP contribution in [-0.4, -0.2) is 24.4 Å². The van der Waals surface area contributed by atoms with Gasteiger partial charge in [0, 0.05) is 23.8 Å². The highest BCUT2D eigenvalue weighted by Gasteiger charge is 2.09. The number of rotatable bonds is 5. The lowest BCUT2D eigenvalue weighted by Gasteiger charge is -2.18. The molecular formula is C17H19BrN2O. The number of carbonyl (C=O) groups excluding carboxylic acids is 1. The number of hydrogen-bond donors (Lipinski definition) is 1. The molecule has 1 N–H and O–H groups in total. The molecular weight excluding hydrogens is 328 g/mol. The lowest BCUT2D eigenvalue weighted by Crippen LogP contribution is -2.31. The second kappa shape index (κ2) is 7.27. The van der Waals surface area contributed by atoms with Crippen LogP contribution in [0.1, 0.15) is 11.1 Å². The summed E-state index contributed by atoms with van der Waals surface area (Å²) < 4.78 is 1.04. The van der Waals surface area contributed by atoms with E-state index < -0.39 is 0 Å². The highest BCUT2D eigenvalue weighted by atomic mass is 79.9. The second-order valence-corrected chi connectivity index (χ2v) is 5.91. The molecule has 0 radical (unpaired) electrons. The van der Waals surface area contributed by atoms with Gasteiger partial charge in [0.25, 0.3) is 0 Å². The van der Waals surface area contributed by atoms with Crippen LogP contribution in [-0.2, 0) is 11.3 Å². The molecule has 0 unspecified atom stereocenters. The van der Waals surface area contributed by atoms with E-state index >= 15 is 0 Å². The average Bonchev–Trinajstić information content (AvgIpc) is 2.49. The third-order valence-electron chi connectivity index (χ3n) is 3.30. The zero-order chi connectivity index (χ0) is 15.2. The highest BCUT2D eigenvalue weighted by molar-refractivity contribution is 9.10. The quantitative estimate of drug-likeness (QED) is 0.892. The number of nitrogens with one attached hydrogen (secondary N) is 1. The van der Waals surface area contributed by atoms with Crippen molar-refractivity contribution in [1.29, 1.82) is 0 Å². The van der Waals surface area contributed by atoms with E-state index in [1.165, 1.54) is 5.56 Å². The van der Waals surface area contributed by atoms with E-state index in [0.29, 0.717) is 13.1 Å². The molecule has 3 nitrogen and oxygen atoms in total. The largest absolute Gasteiger partial charge is 0.376 e. The molecule has 0 aliphatic rings. The summed E-state index contributed by atoms with van der Waals surface area (Å²) in [7, 11) is 1.82. The second-order valence-electron chi connectivity index (χ2n) is 5.05. The van der Waals surface area contributed by atoms with Crippen LogP contribution in [0.4, 0.5) is 5.69 Å². The van der Waals surface area contributed by atoms with Gasteiger partial charge in [-0.1, -0.05) is 52.3 Å². The normalized spacial score (nSPS) is 10.2. The van der Waals surface area contributed by atoms with Crippen LogP contribution in [0.3, 0.4) is 0 Å². The zero-order valence-corrected chi connectivity index (χ0v) is 13.9. The van der Waals surface area contributed by atoms with Gasteiger partial charge in [0.2, 0.25) is 5.91 Å². The number of anilines is 1. The molecule has 21 heavy (non-hydrogen) atoms. The van der Waals surface area contributed by atoms with Gasteiger partial charge in [-0.15, -0.1) is 0 Å². The predicted molar refractivity (Wildman–Crippen MR) is 90.3 cm³/mol. The Bertz CT molecular complexity index is 613. The van der Waals surface area contributed by atoms with Crippen molar-refractivity contribution in [3.8, 4) is 0 Å². The summed E-state index contributed by atoms with van der Waals surface area (Å²) in [4.78, 5) is 13.9. The first kappa shape index (κ1) is 15.6. The Labute approximate surface area is 134 Å². The van der Waals surface area contributed by atoms with Crippen LogP contribution < -0.4 is 5.32 Å². The van der Waals surface area contributed by atoms with Gasteiger partial charge in [-0.25, -0.2) is 0 Å². The van der Waals surface area contributed by atoms with Crippen molar-refractivity contribution >= 4 is 27.5 Å². The molecule has 110 valence electrons. The molecule has 2 rings (SSSR count). The highest BCUT2D eigenvalue weighted by Crippen LogP contribution is 2.20. The van der Waals surface area contributed by atoms with Gasteiger partial charge >= 0.3 is 0 Å². The molecule has 0 aliphatic carbocycles. The van der Waals surface area contributed by atoms with Crippen molar-refractivity contribution in [1.82, 2.24) is 4.90 Å².